The first-order chi connectivity index (χ1) is 8.99. The van der Waals surface area contributed by atoms with E-state index in [1.165, 1.54) is 17.5 Å². The van der Waals surface area contributed by atoms with Crippen LogP contribution in [0.15, 0.2) is 24.3 Å². The molecule has 0 bridgehead atoms. The highest BCUT2D eigenvalue weighted by Crippen LogP contribution is 2.25. The topological polar surface area (TPSA) is 29.3 Å². The van der Waals surface area contributed by atoms with E-state index in [2.05, 4.69) is 63.8 Å². The standard InChI is InChI=1S/C17H30N2/c1-6-13(3)12-19(7-2)17(15(5)18)16-10-8-14(4)9-11-16/h8-11,13,15,17H,6-7,12,18H2,1-5H3. The van der Waals surface area contributed by atoms with Gasteiger partial charge in [-0.15, -0.1) is 0 Å². The SMILES string of the molecule is CCC(C)CN(CC)C(c1ccc(C)cc1)C(C)N. The maximum absolute atomic E-state index is 6.26. The average Bonchev–Trinajstić information content (AvgIpc) is 2.39. The molecule has 108 valence electrons. The summed E-state index contributed by atoms with van der Waals surface area (Å²) in [6.45, 7) is 13.2. The summed E-state index contributed by atoms with van der Waals surface area (Å²) < 4.78 is 0. The molecule has 0 aliphatic heterocycles. The molecule has 0 fully saturated rings. The van der Waals surface area contributed by atoms with Gasteiger partial charge in [0.25, 0.3) is 0 Å². The molecule has 0 spiro atoms. The highest BCUT2D eigenvalue weighted by atomic mass is 15.2. The third kappa shape index (κ3) is 4.63. The normalized spacial score (nSPS) is 16.4. The second kappa shape index (κ2) is 7.66. The number of rotatable bonds is 7. The minimum absolute atomic E-state index is 0.145. The van der Waals surface area contributed by atoms with Gasteiger partial charge in [-0.25, -0.2) is 0 Å². The predicted molar refractivity (Wildman–Crippen MR) is 84.3 cm³/mol. The quantitative estimate of drug-likeness (QED) is 0.811. The van der Waals surface area contributed by atoms with Crippen LogP contribution in [0.3, 0.4) is 0 Å². The lowest BCUT2D eigenvalue weighted by molar-refractivity contribution is 0.160. The number of likely N-dealkylation sites (N-methyl/N-ethyl adjacent to an activating group) is 1. The summed E-state index contributed by atoms with van der Waals surface area (Å²) in [5, 5.41) is 0. The molecule has 19 heavy (non-hydrogen) atoms. The third-order valence-electron chi connectivity index (χ3n) is 3.96. The van der Waals surface area contributed by atoms with Crippen molar-refractivity contribution in [2.45, 2.75) is 53.1 Å². The van der Waals surface area contributed by atoms with Crippen LogP contribution < -0.4 is 5.73 Å². The third-order valence-corrected chi connectivity index (χ3v) is 3.96. The Morgan fingerprint density at radius 1 is 1.11 bits per heavy atom. The van der Waals surface area contributed by atoms with Gasteiger partial charge in [-0.3, -0.25) is 4.90 Å². The molecule has 2 N–H and O–H groups in total. The van der Waals surface area contributed by atoms with Gasteiger partial charge >= 0.3 is 0 Å². The summed E-state index contributed by atoms with van der Waals surface area (Å²) in [5.41, 5.74) is 8.90. The van der Waals surface area contributed by atoms with E-state index in [1.54, 1.807) is 0 Å². The number of nitrogens with zero attached hydrogens (tertiary/aromatic N) is 1. The molecule has 0 amide bonds. The molecule has 3 atom stereocenters. The fourth-order valence-electron chi connectivity index (χ4n) is 2.58. The van der Waals surface area contributed by atoms with Crippen molar-refractivity contribution < 1.29 is 0 Å². The molecule has 3 unspecified atom stereocenters. The Balaban J connectivity index is 2.94. The van der Waals surface area contributed by atoms with Gasteiger partial charge < -0.3 is 5.73 Å². The number of hydrogen-bond acceptors (Lipinski definition) is 2. The molecular weight excluding hydrogens is 232 g/mol. The second-order valence-electron chi connectivity index (χ2n) is 5.82. The fraction of sp³-hybridized carbons (Fsp3) is 0.647. The van der Waals surface area contributed by atoms with Crippen molar-refractivity contribution in [1.82, 2.24) is 4.90 Å². The number of aryl methyl sites for hydroxylation is 1. The first kappa shape index (κ1) is 16.2. The summed E-state index contributed by atoms with van der Waals surface area (Å²) in [6, 6.07) is 9.28. The van der Waals surface area contributed by atoms with E-state index in [0.29, 0.717) is 12.0 Å². The van der Waals surface area contributed by atoms with Crippen molar-refractivity contribution in [2.24, 2.45) is 11.7 Å². The molecule has 0 radical (unpaired) electrons. The lowest BCUT2D eigenvalue weighted by Crippen LogP contribution is -2.41. The monoisotopic (exact) mass is 262 g/mol. The minimum atomic E-state index is 0.145. The van der Waals surface area contributed by atoms with Crippen LogP contribution in [0.25, 0.3) is 0 Å². The van der Waals surface area contributed by atoms with E-state index in [-0.39, 0.29) is 6.04 Å². The van der Waals surface area contributed by atoms with Gasteiger partial charge in [-0.2, -0.15) is 0 Å². The molecule has 0 aliphatic rings. The average molecular weight is 262 g/mol. The second-order valence-corrected chi connectivity index (χ2v) is 5.82. The largest absolute Gasteiger partial charge is 0.326 e. The van der Waals surface area contributed by atoms with Crippen molar-refractivity contribution in [3.8, 4) is 0 Å². The lowest BCUT2D eigenvalue weighted by Gasteiger charge is -2.35. The fourth-order valence-corrected chi connectivity index (χ4v) is 2.58. The van der Waals surface area contributed by atoms with Gasteiger partial charge in [0.1, 0.15) is 0 Å². The summed E-state index contributed by atoms with van der Waals surface area (Å²) >= 11 is 0. The summed E-state index contributed by atoms with van der Waals surface area (Å²) in [6.07, 6.45) is 1.22. The Labute approximate surface area is 119 Å². The van der Waals surface area contributed by atoms with Crippen LogP contribution in [0.5, 0.6) is 0 Å². The van der Waals surface area contributed by atoms with Crippen LogP contribution in [0.1, 0.15) is 51.3 Å². The Morgan fingerprint density at radius 2 is 1.68 bits per heavy atom. The van der Waals surface area contributed by atoms with Gasteiger partial charge in [0.05, 0.1) is 0 Å². The molecular formula is C17H30N2. The van der Waals surface area contributed by atoms with E-state index >= 15 is 0 Å². The maximum atomic E-state index is 6.26. The maximum Gasteiger partial charge on any atom is 0.0496 e. The molecule has 2 nitrogen and oxygen atoms in total. The Kier molecular flexibility index (Phi) is 6.53. The molecule has 0 saturated heterocycles. The molecule has 1 aromatic carbocycles. The van der Waals surface area contributed by atoms with Crippen molar-refractivity contribution >= 4 is 0 Å². The molecule has 1 rings (SSSR count). The van der Waals surface area contributed by atoms with Gasteiger partial charge in [0, 0.05) is 18.6 Å². The van der Waals surface area contributed by atoms with Crippen LogP contribution in [-0.2, 0) is 0 Å². The first-order valence-electron chi connectivity index (χ1n) is 7.55. The lowest BCUT2D eigenvalue weighted by atomic mass is 9.96. The minimum Gasteiger partial charge on any atom is -0.326 e. The Bertz CT molecular complexity index is 356. The molecule has 0 heterocycles. The zero-order valence-electron chi connectivity index (χ0n) is 13.2. The van der Waals surface area contributed by atoms with E-state index in [9.17, 15) is 0 Å². The highest BCUT2D eigenvalue weighted by Gasteiger charge is 2.23. The first-order valence-corrected chi connectivity index (χ1v) is 7.55. The summed E-state index contributed by atoms with van der Waals surface area (Å²) in [4.78, 5) is 2.52. The van der Waals surface area contributed by atoms with Gasteiger partial charge in [-0.05, 0) is 31.9 Å². The summed E-state index contributed by atoms with van der Waals surface area (Å²) in [7, 11) is 0. The number of nitrogens with two attached hydrogens (primary N) is 1. The molecule has 1 aromatic rings. The summed E-state index contributed by atoms with van der Waals surface area (Å²) in [5.74, 6) is 0.714. The van der Waals surface area contributed by atoms with Crippen molar-refractivity contribution in [3.63, 3.8) is 0 Å². The zero-order valence-corrected chi connectivity index (χ0v) is 13.2. The van der Waals surface area contributed by atoms with Crippen molar-refractivity contribution in [3.05, 3.63) is 35.4 Å². The highest BCUT2D eigenvalue weighted by molar-refractivity contribution is 5.25. The predicted octanol–water partition coefficient (Wildman–Crippen LogP) is 3.75. The van der Waals surface area contributed by atoms with E-state index in [1.807, 2.05) is 0 Å². The Morgan fingerprint density at radius 3 is 2.11 bits per heavy atom. The van der Waals surface area contributed by atoms with Gasteiger partial charge in [0.15, 0.2) is 0 Å². The van der Waals surface area contributed by atoms with Crippen molar-refractivity contribution in [2.75, 3.05) is 13.1 Å². The number of hydrogen-bond donors (Lipinski definition) is 1. The van der Waals surface area contributed by atoms with Crippen LogP contribution in [-0.4, -0.2) is 24.0 Å². The van der Waals surface area contributed by atoms with E-state index < -0.39 is 0 Å². The van der Waals surface area contributed by atoms with Gasteiger partial charge in [-0.1, -0.05) is 57.0 Å². The molecule has 0 saturated carbocycles. The number of benzene rings is 1. The van der Waals surface area contributed by atoms with E-state index in [4.69, 9.17) is 5.73 Å². The zero-order chi connectivity index (χ0) is 14.4. The van der Waals surface area contributed by atoms with E-state index in [0.717, 1.165) is 13.1 Å². The Hall–Kier alpha value is -0.860. The smallest absolute Gasteiger partial charge is 0.0496 e. The van der Waals surface area contributed by atoms with Crippen LogP contribution in [0, 0.1) is 12.8 Å². The molecule has 0 aliphatic carbocycles. The van der Waals surface area contributed by atoms with Crippen LogP contribution >= 0.6 is 0 Å². The van der Waals surface area contributed by atoms with Crippen LogP contribution in [0.2, 0.25) is 0 Å². The van der Waals surface area contributed by atoms with Crippen LogP contribution in [0.4, 0.5) is 0 Å². The molecule has 0 aromatic heterocycles. The van der Waals surface area contributed by atoms with Gasteiger partial charge in [0.2, 0.25) is 0 Å². The molecule has 2 heteroatoms. The van der Waals surface area contributed by atoms with Crippen molar-refractivity contribution in [1.29, 1.82) is 0 Å².